The average Bonchev–Trinajstić information content (AvgIpc) is 3.09. The van der Waals surface area contributed by atoms with E-state index in [0.717, 1.165) is 0 Å². The second-order valence-electron chi connectivity index (χ2n) is 5.88. The monoisotopic (exact) mass is 420 g/mol. The van der Waals surface area contributed by atoms with E-state index in [9.17, 15) is 17.6 Å². The van der Waals surface area contributed by atoms with Crippen LogP contribution in [0.3, 0.4) is 0 Å². The molecule has 1 unspecified atom stereocenters. The number of primary sulfonamides is 1. The summed E-state index contributed by atoms with van der Waals surface area (Å²) in [6.07, 6.45) is 3.24. The average molecular weight is 420 g/mol. The molecule has 0 fully saturated rings. The molecule has 7 nitrogen and oxygen atoms in total. The summed E-state index contributed by atoms with van der Waals surface area (Å²) < 4.78 is 38.0. The Morgan fingerprint density at radius 1 is 1.25 bits per heavy atom. The van der Waals surface area contributed by atoms with E-state index >= 15 is 0 Å². The van der Waals surface area contributed by atoms with Crippen molar-refractivity contribution < 1.29 is 17.6 Å². The maximum Gasteiger partial charge on any atom is 0.238 e. The summed E-state index contributed by atoms with van der Waals surface area (Å²) in [5, 5.41) is 7.74. The van der Waals surface area contributed by atoms with Crippen LogP contribution >= 0.6 is 11.8 Å². The summed E-state index contributed by atoms with van der Waals surface area (Å²) in [6, 6.07) is 11.7. The molecular weight excluding hydrogens is 403 g/mol. The summed E-state index contributed by atoms with van der Waals surface area (Å²) in [6.45, 7) is 1.69. The first kappa shape index (κ1) is 20.1. The van der Waals surface area contributed by atoms with Crippen LogP contribution < -0.4 is 10.5 Å². The molecule has 28 heavy (non-hydrogen) atoms. The molecule has 1 amide bonds. The standard InChI is InChI=1S/C18H17FN4O3S2/c1-12(17(24)22-14-5-3-7-16(11-14)28(20,25)26)27-18-21-8-9-23(18)15-6-2-4-13(19)10-15/h2-12H,1H3,(H,22,24)(H2,20,25,26). The van der Waals surface area contributed by atoms with Gasteiger partial charge >= 0.3 is 0 Å². The zero-order chi connectivity index (χ0) is 20.3. The lowest BCUT2D eigenvalue weighted by atomic mass is 10.3. The molecule has 3 rings (SSSR count). The number of hydrogen-bond donors (Lipinski definition) is 2. The maximum absolute atomic E-state index is 13.5. The topological polar surface area (TPSA) is 107 Å². The van der Waals surface area contributed by atoms with E-state index in [1.807, 2.05) is 0 Å². The van der Waals surface area contributed by atoms with Crippen molar-refractivity contribution in [1.82, 2.24) is 9.55 Å². The number of nitrogens with zero attached hydrogens (tertiary/aromatic N) is 2. The lowest BCUT2D eigenvalue weighted by molar-refractivity contribution is -0.115. The first-order valence-corrected chi connectivity index (χ1v) is 10.6. The minimum Gasteiger partial charge on any atom is -0.325 e. The van der Waals surface area contributed by atoms with Crippen LogP contribution in [0.5, 0.6) is 0 Å². The third kappa shape index (κ3) is 4.77. The van der Waals surface area contributed by atoms with Crippen molar-refractivity contribution in [1.29, 1.82) is 0 Å². The van der Waals surface area contributed by atoms with E-state index in [2.05, 4.69) is 10.3 Å². The van der Waals surface area contributed by atoms with Gasteiger partial charge in [-0.15, -0.1) is 0 Å². The Morgan fingerprint density at radius 2 is 2.00 bits per heavy atom. The number of amides is 1. The predicted molar refractivity (Wildman–Crippen MR) is 105 cm³/mol. The molecule has 3 N–H and O–H groups in total. The van der Waals surface area contributed by atoms with Gasteiger partial charge in [0.15, 0.2) is 5.16 Å². The fourth-order valence-electron chi connectivity index (χ4n) is 2.41. The Labute approximate surface area is 165 Å². The molecule has 0 radical (unpaired) electrons. The number of thioether (sulfide) groups is 1. The minimum absolute atomic E-state index is 0.0905. The van der Waals surface area contributed by atoms with Gasteiger partial charge in [0.25, 0.3) is 0 Å². The van der Waals surface area contributed by atoms with Gasteiger partial charge in [-0.05, 0) is 43.3 Å². The quantitative estimate of drug-likeness (QED) is 0.597. The number of carbonyl (C=O) groups is 1. The van der Waals surface area contributed by atoms with Crippen molar-refractivity contribution in [3.8, 4) is 5.69 Å². The second-order valence-corrected chi connectivity index (χ2v) is 8.75. The van der Waals surface area contributed by atoms with Crippen LogP contribution in [0.25, 0.3) is 5.69 Å². The summed E-state index contributed by atoms with van der Waals surface area (Å²) in [4.78, 5) is 16.6. The normalized spacial score (nSPS) is 12.5. The lowest BCUT2D eigenvalue weighted by Crippen LogP contribution is -2.23. The van der Waals surface area contributed by atoms with E-state index < -0.39 is 15.3 Å². The number of nitrogens with one attached hydrogen (secondary N) is 1. The van der Waals surface area contributed by atoms with Crippen LogP contribution in [0.1, 0.15) is 6.92 Å². The Hall–Kier alpha value is -2.69. The van der Waals surface area contributed by atoms with Crippen molar-refractivity contribution in [2.24, 2.45) is 5.14 Å². The predicted octanol–water partition coefficient (Wildman–Crippen LogP) is 2.78. The summed E-state index contributed by atoms with van der Waals surface area (Å²) in [7, 11) is -3.86. The molecule has 146 valence electrons. The highest BCUT2D eigenvalue weighted by Crippen LogP contribution is 2.26. The van der Waals surface area contributed by atoms with Gasteiger partial charge in [0.05, 0.1) is 15.8 Å². The first-order chi connectivity index (χ1) is 13.2. The number of hydrogen-bond acceptors (Lipinski definition) is 5. The summed E-state index contributed by atoms with van der Waals surface area (Å²) in [5.74, 6) is -0.715. The molecule has 0 bridgehead atoms. The second kappa shape index (κ2) is 8.13. The summed E-state index contributed by atoms with van der Waals surface area (Å²) in [5.41, 5.74) is 0.908. The van der Waals surface area contributed by atoms with Crippen molar-refractivity contribution in [2.45, 2.75) is 22.2 Å². The van der Waals surface area contributed by atoms with Crippen LogP contribution in [0.4, 0.5) is 10.1 Å². The van der Waals surface area contributed by atoms with E-state index in [-0.39, 0.29) is 16.6 Å². The largest absolute Gasteiger partial charge is 0.325 e. The highest BCUT2D eigenvalue weighted by Gasteiger charge is 2.19. The minimum atomic E-state index is -3.86. The number of imidazole rings is 1. The van der Waals surface area contributed by atoms with Gasteiger partial charge < -0.3 is 5.32 Å². The number of rotatable bonds is 6. The Morgan fingerprint density at radius 3 is 2.71 bits per heavy atom. The molecule has 1 atom stereocenters. The molecule has 0 saturated heterocycles. The Balaban J connectivity index is 1.73. The van der Waals surface area contributed by atoms with Crippen molar-refractivity contribution in [2.75, 3.05) is 5.32 Å². The fourth-order valence-corrected chi connectivity index (χ4v) is 3.85. The number of nitrogens with two attached hydrogens (primary N) is 1. The first-order valence-electron chi connectivity index (χ1n) is 8.14. The molecule has 0 saturated carbocycles. The smallest absolute Gasteiger partial charge is 0.238 e. The molecule has 2 aromatic carbocycles. The van der Waals surface area contributed by atoms with E-state index in [1.165, 1.54) is 42.1 Å². The Bertz CT molecular complexity index is 1120. The fraction of sp³-hybridized carbons (Fsp3) is 0.111. The van der Waals surface area contributed by atoms with E-state index in [0.29, 0.717) is 16.5 Å². The van der Waals surface area contributed by atoms with Gasteiger partial charge in [-0.2, -0.15) is 0 Å². The third-order valence-corrected chi connectivity index (χ3v) is 5.77. The molecule has 0 aliphatic rings. The molecule has 0 aliphatic heterocycles. The molecule has 3 aromatic rings. The molecular formula is C18H17FN4O3S2. The zero-order valence-electron chi connectivity index (χ0n) is 14.7. The molecule has 1 aromatic heterocycles. The number of anilines is 1. The van der Waals surface area contributed by atoms with Crippen LogP contribution in [0.2, 0.25) is 0 Å². The van der Waals surface area contributed by atoms with Gasteiger partial charge in [-0.25, -0.2) is 22.9 Å². The van der Waals surface area contributed by atoms with E-state index in [4.69, 9.17) is 5.14 Å². The van der Waals surface area contributed by atoms with Gasteiger partial charge in [0.1, 0.15) is 5.82 Å². The maximum atomic E-state index is 13.5. The zero-order valence-corrected chi connectivity index (χ0v) is 16.4. The summed E-state index contributed by atoms with van der Waals surface area (Å²) >= 11 is 1.19. The molecule has 10 heteroatoms. The number of carbonyl (C=O) groups excluding carboxylic acids is 1. The van der Waals surface area contributed by atoms with Gasteiger partial charge in [0.2, 0.25) is 15.9 Å². The van der Waals surface area contributed by atoms with Crippen LogP contribution in [-0.2, 0) is 14.8 Å². The van der Waals surface area contributed by atoms with Crippen LogP contribution in [0.15, 0.2) is 71.0 Å². The SMILES string of the molecule is CC(Sc1nccn1-c1cccc(F)c1)C(=O)Nc1cccc(S(N)(=O)=O)c1. The van der Waals surface area contributed by atoms with Crippen molar-refractivity contribution in [3.05, 3.63) is 66.7 Å². The molecule has 0 aliphatic carbocycles. The number of halogens is 1. The van der Waals surface area contributed by atoms with Gasteiger partial charge in [0, 0.05) is 18.1 Å². The van der Waals surface area contributed by atoms with Gasteiger partial charge in [-0.3, -0.25) is 9.36 Å². The number of sulfonamides is 1. The van der Waals surface area contributed by atoms with Crippen molar-refractivity contribution in [3.63, 3.8) is 0 Å². The molecule has 1 heterocycles. The highest BCUT2D eigenvalue weighted by molar-refractivity contribution is 8.00. The highest BCUT2D eigenvalue weighted by atomic mass is 32.2. The van der Waals surface area contributed by atoms with Crippen LogP contribution in [0, 0.1) is 5.82 Å². The number of benzene rings is 2. The van der Waals surface area contributed by atoms with Crippen molar-refractivity contribution >= 4 is 33.4 Å². The van der Waals surface area contributed by atoms with Crippen LogP contribution in [-0.4, -0.2) is 29.1 Å². The Kier molecular flexibility index (Phi) is 5.82. The molecule has 0 spiro atoms. The lowest BCUT2D eigenvalue weighted by Gasteiger charge is -2.13. The van der Waals surface area contributed by atoms with E-state index in [1.54, 1.807) is 42.1 Å². The third-order valence-electron chi connectivity index (χ3n) is 3.77. The van der Waals surface area contributed by atoms with Gasteiger partial charge in [-0.1, -0.05) is 23.9 Å². The number of aromatic nitrogens is 2.